The molecule has 2 aromatic carbocycles. The molecule has 0 aliphatic carbocycles. The molecule has 0 aliphatic heterocycles. The number of carbonyl (C=O) groups is 2. The van der Waals surface area contributed by atoms with Gasteiger partial charge < -0.3 is 0 Å². The summed E-state index contributed by atoms with van der Waals surface area (Å²) in [7, 11) is 0. The van der Waals surface area contributed by atoms with E-state index in [0.29, 0.717) is 11.1 Å². The minimum Gasteiger partial charge on any atom is -0.234 e. The standard InChI is InChI=1S/C16H14IO2/c1-11-3-7-13(8-4-11)15(18)17-16(19)14-9-5-12(2)6-10-14/h3-10H,1-2H3/q+1. The fourth-order valence-electron chi connectivity index (χ4n) is 1.56. The molecule has 0 fully saturated rings. The molecule has 0 aromatic heterocycles. The molecule has 2 aromatic rings. The van der Waals surface area contributed by atoms with Gasteiger partial charge in [0.2, 0.25) is 0 Å². The van der Waals surface area contributed by atoms with Crippen LogP contribution in [0.1, 0.15) is 31.8 Å². The Morgan fingerprint density at radius 1 is 0.684 bits per heavy atom. The molecule has 0 radical (unpaired) electrons. The highest BCUT2D eigenvalue weighted by atomic mass is 127. The van der Waals surface area contributed by atoms with Crippen molar-refractivity contribution in [1.29, 1.82) is 0 Å². The van der Waals surface area contributed by atoms with Gasteiger partial charge in [0.1, 0.15) is 0 Å². The molecule has 0 N–H and O–H groups in total. The van der Waals surface area contributed by atoms with Gasteiger partial charge in [-0.3, -0.25) is 0 Å². The van der Waals surface area contributed by atoms with Gasteiger partial charge >= 0.3 is 28.8 Å². The van der Waals surface area contributed by atoms with Crippen molar-refractivity contribution in [1.82, 2.24) is 0 Å². The molecule has 2 rings (SSSR count). The maximum absolute atomic E-state index is 12.0. The number of halogens is 1. The minimum absolute atomic E-state index is 0.0237. The summed E-state index contributed by atoms with van der Waals surface area (Å²) in [5, 5.41) is 0. The highest BCUT2D eigenvalue weighted by Gasteiger charge is 2.32. The van der Waals surface area contributed by atoms with Gasteiger partial charge in [0.25, 0.3) is 0 Å². The largest absolute Gasteiger partial charge is 0.452 e. The Kier molecular flexibility index (Phi) is 4.47. The lowest BCUT2D eigenvalue weighted by Gasteiger charge is -1.93. The first kappa shape index (κ1) is 13.9. The highest BCUT2D eigenvalue weighted by molar-refractivity contribution is 5.97. The molecule has 19 heavy (non-hydrogen) atoms. The van der Waals surface area contributed by atoms with Gasteiger partial charge in [-0.1, -0.05) is 35.4 Å². The van der Waals surface area contributed by atoms with Crippen LogP contribution in [0.15, 0.2) is 48.5 Å². The van der Waals surface area contributed by atoms with Crippen molar-refractivity contribution in [2.45, 2.75) is 13.8 Å². The molecular formula is C16H14IO2+. The lowest BCUT2D eigenvalue weighted by Crippen LogP contribution is -3.67. The first-order valence-electron chi connectivity index (χ1n) is 5.93. The van der Waals surface area contributed by atoms with Gasteiger partial charge in [0.15, 0.2) is 0 Å². The van der Waals surface area contributed by atoms with E-state index in [2.05, 4.69) is 0 Å². The number of benzene rings is 2. The van der Waals surface area contributed by atoms with Gasteiger partial charge in [-0.2, -0.15) is 0 Å². The number of carbonyl (C=O) groups excluding carboxylic acids is 2. The summed E-state index contributed by atoms with van der Waals surface area (Å²) >= 11 is -1.16. The van der Waals surface area contributed by atoms with Crippen LogP contribution in [-0.4, -0.2) is 7.58 Å². The van der Waals surface area contributed by atoms with Crippen molar-refractivity contribution < 1.29 is 30.8 Å². The predicted molar refractivity (Wildman–Crippen MR) is 71.0 cm³/mol. The van der Waals surface area contributed by atoms with Crippen molar-refractivity contribution in [3.8, 4) is 0 Å². The second-order valence-corrected chi connectivity index (χ2v) is 6.87. The van der Waals surface area contributed by atoms with Gasteiger partial charge in [-0.15, -0.1) is 0 Å². The van der Waals surface area contributed by atoms with E-state index in [1.807, 2.05) is 38.1 Å². The molecule has 0 unspecified atom stereocenters. The zero-order valence-electron chi connectivity index (χ0n) is 10.8. The van der Waals surface area contributed by atoms with Crippen LogP contribution < -0.4 is 21.2 Å². The molecule has 2 nitrogen and oxygen atoms in total. The van der Waals surface area contributed by atoms with Gasteiger partial charge in [-0.05, 0) is 38.1 Å². The van der Waals surface area contributed by atoms with Crippen LogP contribution in [0.2, 0.25) is 0 Å². The smallest absolute Gasteiger partial charge is 0.234 e. The van der Waals surface area contributed by atoms with E-state index >= 15 is 0 Å². The zero-order valence-corrected chi connectivity index (χ0v) is 13.0. The summed E-state index contributed by atoms with van der Waals surface area (Å²) in [4.78, 5) is 24.1. The summed E-state index contributed by atoms with van der Waals surface area (Å²) in [5.74, 6) is 0. The molecule has 0 saturated heterocycles. The Morgan fingerprint density at radius 2 is 1.00 bits per heavy atom. The summed E-state index contributed by atoms with van der Waals surface area (Å²) in [5.41, 5.74) is 3.50. The Bertz CT molecular complexity index is 542. The molecule has 0 atom stereocenters. The Hall–Kier alpha value is -1.49. The van der Waals surface area contributed by atoms with Crippen LogP contribution in [0, 0.1) is 13.8 Å². The molecule has 0 amide bonds. The monoisotopic (exact) mass is 365 g/mol. The Balaban J connectivity index is 2.08. The molecule has 0 heterocycles. The summed E-state index contributed by atoms with van der Waals surface area (Å²) in [6, 6.07) is 14.8. The summed E-state index contributed by atoms with van der Waals surface area (Å²) in [6.07, 6.45) is 0. The van der Waals surface area contributed by atoms with E-state index in [1.165, 1.54) is 0 Å². The Morgan fingerprint density at radius 3 is 1.32 bits per heavy atom. The first-order valence-corrected chi connectivity index (χ1v) is 8.09. The molecular weight excluding hydrogens is 351 g/mol. The van der Waals surface area contributed by atoms with Crippen LogP contribution in [0.3, 0.4) is 0 Å². The normalized spacial score (nSPS) is 10.2. The fraction of sp³-hybridized carbons (Fsp3) is 0.125. The number of aryl methyl sites for hydroxylation is 2. The zero-order chi connectivity index (χ0) is 13.8. The maximum Gasteiger partial charge on any atom is 0.452 e. The third kappa shape index (κ3) is 3.73. The fourth-order valence-corrected chi connectivity index (χ4v) is 3.34. The second kappa shape index (κ2) is 6.10. The number of rotatable bonds is 4. The first-order chi connectivity index (χ1) is 9.06. The van der Waals surface area contributed by atoms with E-state index in [0.717, 1.165) is 11.1 Å². The van der Waals surface area contributed by atoms with Crippen molar-refractivity contribution in [3.63, 3.8) is 0 Å². The average Bonchev–Trinajstić information content (AvgIpc) is 2.40. The van der Waals surface area contributed by atoms with E-state index in [9.17, 15) is 9.59 Å². The maximum atomic E-state index is 12.0. The minimum atomic E-state index is -1.16. The third-order valence-electron chi connectivity index (χ3n) is 2.73. The van der Waals surface area contributed by atoms with Crippen molar-refractivity contribution >= 4 is 7.58 Å². The van der Waals surface area contributed by atoms with E-state index in [1.54, 1.807) is 24.3 Å². The SMILES string of the molecule is Cc1ccc(C(=O)[I+]C(=O)c2ccc(C)cc2)cc1. The van der Waals surface area contributed by atoms with Crippen LogP contribution in [0.4, 0.5) is 0 Å². The molecule has 3 heteroatoms. The molecule has 0 bridgehead atoms. The highest BCUT2D eigenvalue weighted by Crippen LogP contribution is 2.02. The van der Waals surface area contributed by atoms with Gasteiger partial charge in [0.05, 0.1) is 11.1 Å². The van der Waals surface area contributed by atoms with Crippen molar-refractivity contribution in [3.05, 3.63) is 70.8 Å². The van der Waals surface area contributed by atoms with Crippen LogP contribution in [0.25, 0.3) is 0 Å². The van der Waals surface area contributed by atoms with Crippen LogP contribution in [-0.2, 0) is 0 Å². The summed E-state index contributed by atoms with van der Waals surface area (Å²) < 4.78 is -0.0475. The number of hydrogen-bond donors (Lipinski definition) is 0. The number of hydrogen-bond acceptors (Lipinski definition) is 2. The molecule has 0 aliphatic rings. The molecule has 0 spiro atoms. The topological polar surface area (TPSA) is 34.1 Å². The van der Waals surface area contributed by atoms with Gasteiger partial charge in [-0.25, -0.2) is 9.59 Å². The second-order valence-electron chi connectivity index (χ2n) is 4.37. The molecule has 96 valence electrons. The van der Waals surface area contributed by atoms with Crippen molar-refractivity contribution in [2.24, 2.45) is 0 Å². The van der Waals surface area contributed by atoms with Gasteiger partial charge in [0, 0.05) is 0 Å². The Labute approximate surface area is 123 Å². The lowest BCUT2D eigenvalue weighted by atomic mass is 10.2. The quantitative estimate of drug-likeness (QED) is 0.580. The lowest BCUT2D eigenvalue weighted by molar-refractivity contribution is -0.450. The average molecular weight is 365 g/mol. The molecule has 0 saturated carbocycles. The van der Waals surface area contributed by atoms with E-state index in [4.69, 9.17) is 0 Å². The van der Waals surface area contributed by atoms with Crippen LogP contribution in [0.5, 0.6) is 0 Å². The predicted octanol–water partition coefficient (Wildman–Crippen LogP) is 0.373. The van der Waals surface area contributed by atoms with Crippen molar-refractivity contribution in [2.75, 3.05) is 0 Å². The third-order valence-corrected chi connectivity index (χ3v) is 4.95. The summed E-state index contributed by atoms with van der Waals surface area (Å²) in [6.45, 7) is 3.95. The van der Waals surface area contributed by atoms with E-state index in [-0.39, 0.29) is 7.58 Å². The van der Waals surface area contributed by atoms with Crippen LogP contribution >= 0.6 is 0 Å². The van der Waals surface area contributed by atoms with E-state index < -0.39 is 21.2 Å².